The van der Waals surface area contributed by atoms with Crippen molar-refractivity contribution in [3.63, 3.8) is 0 Å². The minimum atomic E-state index is 0.849. The van der Waals surface area contributed by atoms with Crippen LogP contribution in [-0.2, 0) is 0 Å². The van der Waals surface area contributed by atoms with E-state index in [9.17, 15) is 0 Å². The molecular formula is C17H29N. The smallest absolute Gasteiger partial charge is 0.0105 e. The van der Waals surface area contributed by atoms with Gasteiger partial charge in [0.2, 0.25) is 0 Å². The molecule has 0 aromatic rings. The minimum absolute atomic E-state index is 0.849. The van der Waals surface area contributed by atoms with E-state index in [0.717, 1.165) is 18.1 Å². The van der Waals surface area contributed by atoms with Gasteiger partial charge in [0, 0.05) is 18.1 Å². The van der Waals surface area contributed by atoms with Crippen LogP contribution >= 0.6 is 0 Å². The SMILES string of the molecule is C=CCCCC1CCCC2CCC(CCC=C)N12. The Kier molecular flexibility index (Phi) is 5.49. The Bertz CT molecular complexity index is 271. The van der Waals surface area contributed by atoms with E-state index in [2.05, 4.69) is 30.2 Å². The molecule has 3 unspecified atom stereocenters. The van der Waals surface area contributed by atoms with Crippen molar-refractivity contribution in [1.29, 1.82) is 0 Å². The van der Waals surface area contributed by atoms with Crippen molar-refractivity contribution in [3.05, 3.63) is 25.3 Å². The third kappa shape index (κ3) is 3.26. The summed E-state index contributed by atoms with van der Waals surface area (Å²) in [6, 6.07) is 2.62. The van der Waals surface area contributed by atoms with Gasteiger partial charge in [-0.25, -0.2) is 0 Å². The van der Waals surface area contributed by atoms with Gasteiger partial charge in [-0.3, -0.25) is 4.90 Å². The van der Waals surface area contributed by atoms with Crippen LogP contribution in [0.15, 0.2) is 25.3 Å². The second-order valence-corrected chi connectivity index (χ2v) is 6.00. The third-order valence-corrected chi connectivity index (χ3v) is 4.82. The summed E-state index contributed by atoms with van der Waals surface area (Å²) in [6.45, 7) is 7.72. The van der Waals surface area contributed by atoms with Crippen LogP contribution in [0.25, 0.3) is 0 Å². The Morgan fingerprint density at radius 2 is 1.67 bits per heavy atom. The molecule has 2 fully saturated rings. The molecule has 1 heteroatoms. The van der Waals surface area contributed by atoms with Crippen molar-refractivity contribution in [1.82, 2.24) is 4.90 Å². The van der Waals surface area contributed by atoms with Gasteiger partial charge >= 0.3 is 0 Å². The summed E-state index contributed by atoms with van der Waals surface area (Å²) in [7, 11) is 0. The number of unbranched alkanes of at least 4 members (excludes halogenated alkanes) is 1. The van der Waals surface area contributed by atoms with Crippen molar-refractivity contribution >= 4 is 0 Å². The predicted octanol–water partition coefficient (Wildman–Crippen LogP) is 4.69. The first-order valence-corrected chi connectivity index (χ1v) is 7.86. The third-order valence-electron chi connectivity index (χ3n) is 4.82. The summed E-state index contributed by atoms with van der Waals surface area (Å²) >= 11 is 0. The number of allylic oxidation sites excluding steroid dienone is 2. The van der Waals surface area contributed by atoms with Crippen LogP contribution in [0.3, 0.4) is 0 Å². The summed E-state index contributed by atoms with van der Waals surface area (Å²) in [4.78, 5) is 2.90. The van der Waals surface area contributed by atoms with Gasteiger partial charge < -0.3 is 0 Å². The highest BCUT2D eigenvalue weighted by Crippen LogP contribution is 2.38. The molecule has 2 heterocycles. The largest absolute Gasteiger partial charge is 0.294 e. The molecule has 2 aliphatic rings. The molecule has 0 aromatic heterocycles. The first kappa shape index (κ1) is 13.9. The van der Waals surface area contributed by atoms with Gasteiger partial charge in [-0.15, -0.1) is 13.2 Å². The number of nitrogens with zero attached hydrogens (tertiary/aromatic N) is 1. The molecule has 0 aromatic carbocycles. The molecule has 3 atom stereocenters. The highest BCUT2D eigenvalue weighted by molar-refractivity contribution is 4.95. The second-order valence-electron chi connectivity index (χ2n) is 6.00. The van der Waals surface area contributed by atoms with E-state index < -0.39 is 0 Å². The summed E-state index contributed by atoms with van der Waals surface area (Å²) < 4.78 is 0. The number of hydrogen-bond donors (Lipinski definition) is 0. The van der Waals surface area contributed by atoms with Crippen molar-refractivity contribution < 1.29 is 0 Å². The summed E-state index contributed by atoms with van der Waals surface area (Å²) in [5, 5.41) is 0. The summed E-state index contributed by atoms with van der Waals surface area (Å²) in [6.07, 6.45) is 17.8. The van der Waals surface area contributed by atoms with Gasteiger partial charge in [0.25, 0.3) is 0 Å². The maximum atomic E-state index is 3.88. The maximum absolute atomic E-state index is 3.88. The quantitative estimate of drug-likeness (QED) is 0.466. The van der Waals surface area contributed by atoms with Crippen LogP contribution in [0.4, 0.5) is 0 Å². The van der Waals surface area contributed by atoms with Gasteiger partial charge in [0.05, 0.1) is 0 Å². The fraction of sp³-hybridized carbons (Fsp3) is 0.765. The Balaban J connectivity index is 1.91. The minimum Gasteiger partial charge on any atom is -0.294 e. The van der Waals surface area contributed by atoms with E-state index in [1.807, 2.05) is 0 Å². The van der Waals surface area contributed by atoms with E-state index >= 15 is 0 Å². The lowest BCUT2D eigenvalue weighted by atomic mass is 9.92. The topological polar surface area (TPSA) is 3.24 Å². The Morgan fingerprint density at radius 3 is 2.44 bits per heavy atom. The normalized spacial score (nSPS) is 32.1. The molecule has 0 radical (unpaired) electrons. The molecule has 0 aliphatic carbocycles. The molecule has 2 aliphatic heterocycles. The molecule has 0 spiro atoms. The molecule has 18 heavy (non-hydrogen) atoms. The zero-order valence-electron chi connectivity index (χ0n) is 11.8. The number of piperidine rings is 1. The van der Waals surface area contributed by atoms with Crippen LogP contribution in [0, 0.1) is 0 Å². The standard InChI is InChI=1S/C17H29N/c1-3-5-7-10-15-11-8-12-17-14-13-16(18(15)17)9-6-4-2/h3-4,15-17H,1-2,5-14H2. The molecule has 1 nitrogen and oxygen atoms in total. The molecule has 0 bridgehead atoms. The monoisotopic (exact) mass is 247 g/mol. The summed E-state index contributed by atoms with van der Waals surface area (Å²) in [5.74, 6) is 0. The van der Waals surface area contributed by atoms with Gasteiger partial charge in [-0.1, -0.05) is 18.6 Å². The van der Waals surface area contributed by atoms with Gasteiger partial charge in [0.15, 0.2) is 0 Å². The molecular weight excluding hydrogens is 218 g/mol. The highest BCUT2D eigenvalue weighted by Gasteiger charge is 2.39. The van der Waals surface area contributed by atoms with Crippen molar-refractivity contribution in [2.24, 2.45) is 0 Å². The number of hydrogen-bond acceptors (Lipinski definition) is 1. The van der Waals surface area contributed by atoms with Crippen LogP contribution in [0.5, 0.6) is 0 Å². The zero-order valence-corrected chi connectivity index (χ0v) is 11.8. The number of rotatable bonds is 7. The average Bonchev–Trinajstić information content (AvgIpc) is 2.81. The molecule has 0 amide bonds. The van der Waals surface area contributed by atoms with E-state index in [-0.39, 0.29) is 0 Å². The Hall–Kier alpha value is -0.560. The van der Waals surface area contributed by atoms with E-state index in [1.54, 1.807) is 0 Å². The average molecular weight is 247 g/mol. The lowest BCUT2D eigenvalue weighted by Crippen LogP contribution is -2.47. The van der Waals surface area contributed by atoms with Crippen LogP contribution in [-0.4, -0.2) is 23.0 Å². The first-order chi connectivity index (χ1) is 8.86. The lowest BCUT2D eigenvalue weighted by Gasteiger charge is -2.41. The van der Waals surface area contributed by atoms with Gasteiger partial charge in [-0.05, 0) is 57.8 Å². The maximum Gasteiger partial charge on any atom is 0.0105 e. The van der Waals surface area contributed by atoms with Crippen LogP contribution in [0.1, 0.15) is 64.2 Å². The van der Waals surface area contributed by atoms with Gasteiger partial charge in [0.1, 0.15) is 0 Å². The zero-order chi connectivity index (χ0) is 12.8. The molecule has 2 saturated heterocycles. The van der Waals surface area contributed by atoms with Crippen molar-refractivity contribution in [2.75, 3.05) is 0 Å². The number of fused-ring (bicyclic) bond motifs is 1. The second kappa shape index (κ2) is 7.13. The van der Waals surface area contributed by atoms with E-state index in [4.69, 9.17) is 0 Å². The fourth-order valence-electron chi connectivity index (χ4n) is 4.00. The lowest BCUT2D eigenvalue weighted by molar-refractivity contribution is 0.0722. The fourth-order valence-corrected chi connectivity index (χ4v) is 4.00. The molecule has 102 valence electrons. The highest BCUT2D eigenvalue weighted by atomic mass is 15.2. The Labute approximate surface area is 113 Å². The summed E-state index contributed by atoms with van der Waals surface area (Å²) in [5.41, 5.74) is 0. The van der Waals surface area contributed by atoms with E-state index in [0.29, 0.717) is 0 Å². The van der Waals surface area contributed by atoms with Gasteiger partial charge in [-0.2, -0.15) is 0 Å². The van der Waals surface area contributed by atoms with Crippen LogP contribution in [0.2, 0.25) is 0 Å². The van der Waals surface area contributed by atoms with Crippen molar-refractivity contribution in [3.8, 4) is 0 Å². The van der Waals surface area contributed by atoms with Crippen molar-refractivity contribution in [2.45, 2.75) is 82.3 Å². The molecule has 0 saturated carbocycles. The molecule has 2 rings (SSSR count). The van der Waals surface area contributed by atoms with E-state index in [1.165, 1.54) is 64.2 Å². The predicted molar refractivity (Wildman–Crippen MR) is 79.8 cm³/mol. The Morgan fingerprint density at radius 1 is 0.889 bits per heavy atom. The molecule has 0 N–H and O–H groups in total. The van der Waals surface area contributed by atoms with Crippen LogP contribution < -0.4 is 0 Å². The first-order valence-electron chi connectivity index (χ1n) is 7.86.